The molecule has 1 N–H and O–H groups in total. The quantitative estimate of drug-likeness (QED) is 0.526. The van der Waals surface area contributed by atoms with E-state index in [1.54, 1.807) is 32.6 Å². The number of fused-ring (bicyclic) bond motifs is 1. The van der Waals surface area contributed by atoms with Crippen LogP contribution in [0.15, 0.2) is 36.5 Å². The fraction of sp³-hybridized carbons (Fsp3) is 0.500. The van der Waals surface area contributed by atoms with E-state index in [4.69, 9.17) is 10.1 Å². The van der Waals surface area contributed by atoms with Gasteiger partial charge in [0.15, 0.2) is 5.65 Å². The summed E-state index contributed by atoms with van der Waals surface area (Å²) in [5.41, 5.74) is 0.991. The summed E-state index contributed by atoms with van der Waals surface area (Å²) in [5, 5.41) is 14.1. The first-order valence-corrected chi connectivity index (χ1v) is 13.7. The molecule has 2 aromatic heterocycles. The molecule has 0 unspecified atom stereocenters. The third kappa shape index (κ3) is 3.90. The maximum Gasteiger partial charge on any atom is 0.309 e. The fourth-order valence-electron chi connectivity index (χ4n) is 6.81. The Morgan fingerprint density at radius 2 is 1.65 bits per heavy atom. The second-order valence-corrected chi connectivity index (χ2v) is 13.5. The fourth-order valence-corrected chi connectivity index (χ4v) is 6.81. The monoisotopic (exact) mass is 547 g/mol. The van der Waals surface area contributed by atoms with Crippen LogP contribution < -0.4 is 0 Å². The van der Waals surface area contributed by atoms with E-state index in [9.17, 15) is 23.9 Å². The molecule has 1 aromatic carbocycles. The largest absolute Gasteiger partial charge is 0.481 e. The van der Waals surface area contributed by atoms with Crippen LogP contribution >= 0.6 is 0 Å². The molecule has 0 spiro atoms. The third-order valence-electron chi connectivity index (χ3n) is 8.96. The van der Waals surface area contributed by atoms with Crippen LogP contribution in [0.1, 0.15) is 69.9 Å². The van der Waals surface area contributed by atoms with Crippen molar-refractivity contribution >= 4 is 23.4 Å². The molecule has 1 aliphatic heterocycles. The number of benzene rings is 1. The summed E-state index contributed by atoms with van der Waals surface area (Å²) < 4.78 is 15.2. The molecule has 0 radical (unpaired) electrons. The van der Waals surface area contributed by atoms with Gasteiger partial charge in [-0.3, -0.25) is 14.4 Å². The number of halogens is 1. The molecule has 7 rings (SSSR count). The number of carbonyl (C=O) groups excluding carboxylic acids is 2. The van der Waals surface area contributed by atoms with Gasteiger partial charge in [0.2, 0.25) is 5.91 Å². The Labute approximate surface area is 232 Å². The average Bonchev–Trinajstić information content (AvgIpc) is 3.24. The Balaban J connectivity index is 1.26. The van der Waals surface area contributed by atoms with Crippen LogP contribution in [0.3, 0.4) is 0 Å². The number of amides is 2. The molecule has 210 valence electrons. The van der Waals surface area contributed by atoms with Crippen molar-refractivity contribution in [1.82, 2.24) is 24.4 Å². The average molecular weight is 548 g/mol. The number of carbonyl (C=O) groups is 3. The lowest BCUT2D eigenvalue weighted by Gasteiger charge is -2.67. The van der Waals surface area contributed by atoms with E-state index in [-0.39, 0.29) is 28.7 Å². The van der Waals surface area contributed by atoms with Crippen LogP contribution in [0.4, 0.5) is 4.39 Å². The number of carboxylic acids is 1. The van der Waals surface area contributed by atoms with E-state index >= 15 is 0 Å². The molecule has 3 saturated carbocycles. The zero-order valence-electron chi connectivity index (χ0n) is 23.5. The number of hydrogen-bond donors (Lipinski definition) is 1. The lowest BCUT2D eigenvalue weighted by molar-refractivity contribution is -0.227. The summed E-state index contributed by atoms with van der Waals surface area (Å²) in [5.74, 6) is -1.36. The predicted octanol–water partition coefficient (Wildman–Crippen LogP) is 4.15. The zero-order chi connectivity index (χ0) is 28.8. The smallest absolute Gasteiger partial charge is 0.309 e. The number of aromatic nitrogens is 3. The van der Waals surface area contributed by atoms with Crippen LogP contribution in [-0.4, -0.2) is 72.5 Å². The van der Waals surface area contributed by atoms with Crippen LogP contribution in [0.25, 0.3) is 16.9 Å². The van der Waals surface area contributed by atoms with Crippen molar-refractivity contribution in [3.8, 4) is 11.3 Å². The number of piperazine rings is 1. The lowest BCUT2D eigenvalue weighted by Crippen LogP contribution is -2.73. The van der Waals surface area contributed by atoms with Gasteiger partial charge in [-0.15, -0.1) is 0 Å². The molecule has 2 amide bonds. The Morgan fingerprint density at radius 1 is 1.00 bits per heavy atom. The van der Waals surface area contributed by atoms with Crippen molar-refractivity contribution in [1.29, 1.82) is 0 Å². The number of rotatable bonds is 4. The van der Waals surface area contributed by atoms with Gasteiger partial charge in [-0.2, -0.15) is 5.10 Å². The molecule has 0 atom stereocenters. The number of imidazole rings is 1. The van der Waals surface area contributed by atoms with Gasteiger partial charge in [0, 0.05) is 30.8 Å². The van der Waals surface area contributed by atoms with Crippen LogP contribution in [0.2, 0.25) is 0 Å². The summed E-state index contributed by atoms with van der Waals surface area (Å²) in [6.45, 7) is 11.2. The highest BCUT2D eigenvalue weighted by molar-refractivity contribution is 5.95. The van der Waals surface area contributed by atoms with Crippen molar-refractivity contribution in [2.75, 3.05) is 19.6 Å². The van der Waals surface area contributed by atoms with E-state index in [2.05, 4.69) is 20.8 Å². The summed E-state index contributed by atoms with van der Waals surface area (Å²) in [7, 11) is 0. The number of carboxylic acid groups (broad SMARTS) is 1. The molecule has 4 aliphatic rings. The Kier molecular flexibility index (Phi) is 5.51. The molecule has 9 nitrogen and oxygen atoms in total. The second-order valence-electron chi connectivity index (χ2n) is 13.5. The summed E-state index contributed by atoms with van der Waals surface area (Å²) in [4.78, 5) is 46.9. The number of aliphatic carboxylic acids is 1. The van der Waals surface area contributed by atoms with Crippen molar-refractivity contribution in [2.24, 2.45) is 10.8 Å². The van der Waals surface area contributed by atoms with Gasteiger partial charge in [0.25, 0.3) is 5.91 Å². The summed E-state index contributed by atoms with van der Waals surface area (Å²) in [6, 6.07) is 8.08. The van der Waals surface area contributed by atoms with Crippen molar-refractivity contribution in [2.45, 2.75) is 64.8 Å². The molecule has 3 aromatic rings. The number of nitrogens with zero attached hydrogens (tertiary/aromatic N) is 5. The maximum absolute atomic E-state index is 13.8. The van der Waals surface area contributed by atoms with Gasteiger partial charge in [0.05, 0.1) is 28.3 Å². The first-order chi connectivity index (χ1) is 18.6. The SMILES string of the molecule is CC(C)(C)c1cc(-c2ccc(F)cc2)nn2cc(C(=O)N3CCN(C(=O)C45CC(C(=O)O)(C4)C5)CC3(C)C)nc12. The highest BCUT2D eigenvalue weighted by Gasteiger charge is 2.75. The normalized spacial score (nSPS) is 25.4. The molecular weight excluding hydrogens is 513 g/mol. The molecule has 2 bridgehead atoms. The van der Waals surface area contributed by atoms with E-state index in [1.165, 1.54) is 12.1 Å². The molecule has 3 heterocycles. The van der Waals surface area contributed by atoms with Gasteiger partial charge >= 0.3 is 5.97 Å². The summed E-state index contributed by atoms with van der Waals surface area (Å²) >= 11 is 0. The topological polar surface area (TPSA) is 108 Å². The first kappa shape index (κ1) is 26.4. The van der Waals surface area contributed by atoms with E-state index in [0.29, 0.717) is 50.2 Å². The van der Waals surface area contributed by atoms with Gasteiger partial charge in [0.1, 0.15) is 11.5 Å². The Morgan fingerprint density at radius 3 is 2.23 bits per heavy atom. The van der Waals surface area contributed by atoms with E-state index in [0.717, 1.165) is 11.1 Å². The highest BCUT2D eigenvalue weighted by atomic mass is 19.1. The maximum atomic E-state index is 13.8. The van der Waals surface area contributed by atoms with E-state index < -0.39 is 22.3 Å². The van der Waals surface area contributed by atoms with Crippen molar-refractivity contribution < 1.29 is 23.9 Å². The summed E-state index contributed by atoms with van der Waals surface area (Å²) in [6.07, 6.45) is 2.88. The Bertz CT molecular complexity index is 1550. The van der Waals surface area contributed by atoms with E-state index in [1.807, 2.05) is 19.9 Å². The molecule has 1 saturated heterocycles. The van der Waals surface area contributed by atoms with Crippen LogP contribution in [0.5, 0.6) is 0 Å². The Hall–Kier alpha value is -3.82. The minimum absolute atomic E-state index is 0.0101. The van der Waals surface area contributed by atoms with Crippen molar-refractivity contribution in [3.05, 3.63) is 53.6 Å². The molecule has 40 heavy (non-hydrogen) atoms. The van der Waals surface area contributed by atoms with Gasteiger partial charge in [-0.05, 0) is 68.9 Å². The standard InChI is InChI=1S/C30H34FN5O4/c1-27(2,3)20-12-21(18-6-8-19(31)9-7-18)33-36-13-22(32-23(20)36)24(37)35-11-10-34(17-28(35,4)5)25(38)29-14-30(15-29,16-29)26(39)40/h6-9,12-13H,10-11,14-17H2,1-5H3,(H,39,40). The number of hydrogen-bond acceptors (Lipinski definition) is 5. The third-order valence-corrected chi connectivity index (χ3v) is 8.96. The predicted molar refractivity (Wildman–Crippen MR) is 145 cm³/mol. The molecule has 10 heteroatoms. The van der Waals surface area contributed by atoms with Crippen LogP contribution in [-0.2, 0) is 15.0 Å². The lowest BCUT2D eigenvalue weighted by atomic mass is 9.34. The minimum atomic E-state index is -0.806. The first-order valence-electron chi connectivity index (χ1n) is 13.7. The van der Waals surface area contributed by atoms with Crippen molar-refractivity contribution in [3.63, 3.8) is 0 Å². The van der Waals surface area contributed by atoms with Gasteiger partial charge in [-0.1, -0.05) is 20.8 Å². The molecular formula is C30H34FN5O4. The minimum Gasteiger partial charge on any atom is -0.481 e. The zero-order valence-corrected chi connectivity index (χ0v) is 23.5. The van der Waals surface area contributed by atoms with Crippen LogP contribution in [0, 0.1) is 16.6 Å². The van der Waals surface area contributed by atoms with Gasteiger partial charge < -0.3 is 14.9 Å². The second kappa shape index (κ2) is 8.34. The molecule has 3 aliphatic carbocycles. The highest BCUT2D eigenvalue weighted by Crippen LogP contribution is 2.74. The molecule has 4 fully saturated rings. The van der Waals surface area contributed by atoms with Gasteiger partial charge in [-0.25, -0.2) is 13.9 Å².